The fraction of sp³-hybridized carbons (Fsp3) is 0. The van der Waals surface area contributed by atoms with Gasteiger partial charge in [-0.15, -0.1) is 0 Å². The maximum Gasteiger partial charge on any atom is 0.154 e. The van der Waals surface area contributed by atoms with Crippen molar-refractivity contribution >= 4 is 0 Å². The van der Waals surface area contributed by atoms with Crippen molar-refractivity contribution in [1.29, 1.82) is 0 Å². The van der Waals surface area contributed by atoms with Crippen molar-refractivity contribution in [3.63, 3.8) is 0 Å². The smallest absolute Gasteiger partial charge is 0.154 e. The van der Waals surface area contributed by atoms with Crippen LogP contribution in [0.4, 0.5) is 26.3 Å². The molecule has 0 amide bonds. The predicted octanol–water partition coefficient (Wildman–Crippen LogP) is 3.40. The van der Waals surface area contributed by atoms with Crippen molar-refractivity contribution in [1.82, 2.24) is 0 Å². The first-order chi connectivity index (χ1) is 3.46. The summed E-state index contributed by atoms with van der Waals surface area (Å²) in [6.45, 7) is -6.17. The Labute approximate surface area is 73.5 Å². The fourth-order valence-corrected chi connectivity index (χ4v) is 0. The minimum atomic E-state index is -3.08. The van der Waals surface area contributed by atoms with Crippen molar-refractivity contribution in [3.8, 4) is 0 Å². The summed E-state index contributed by atoms with van der Waals surface area (Å²) in [4.78, 5) is 0. The Morgan fingerprint density at radius 2 is 0.600 bits per heavy atom. The predicted molar refractivity (Wildman–Crippen MR) is 18.4 cm³/mol. The van der Waals surface area contributed by atoms with Crippen LogP contribution in [0, 0.1) is 13.4 Å². The Hall–Kier alpha value is 0.462. The van der Waals surface area contributed by atoms with Gasteiger partial charge in [-0.25, -0.2) is 0 Å². The molecule has 0 aliphatic carbocycles. The molecule has 62 valence electrons. The third-order valence-corrected chi connectivity index (χ3v) is 0. The molecular formula is C2H2CdF6N-3. The first-order valence-electron chi connectivity index (χ1n) is 1.13. The van der Waals surface area contributed by atoms with Crippen molar-refractivity contribution < 1.29 is 53.6 Å². The van der Waals surface area contributed by atoms with Gasteiger partial charge in [0.05, 0.1) is 0 Å². The molecule has 0 radical (unpaired) electrons. The van der Waals surface area contributed by atoms with Crippen LogP contribution in [-0.4, -0.2) is 0 Å². The molecule has 0 fully saturated rings. The molecule has 0 aliphatic heterocycles. The first kappa shape index (κ1) is 22.4. The van der Waals surface area contributed by atoms with Gasteiger partial charge in [-0.1, -0.05) is 0 Å². The normalized spacial score (nSPS) is 7.20. The zero-order valence-corrected chi connectivity index (χ0v) is 8.59. The van der Waals surface area contributed by atoms with Crippen LogP contribution in [0.25, 0.3) is 6.15 Å². The van der Waals surface area contributed by atoms with Crippen molar-refractivity contribution in [2.24, 2.45) is 0 Å². The van der Waals surface area contributed by atoms with Crippen molar-refractivity contribution in [2.75, 3.05) is 0 Å². The number of rotatable bonds is 0. The van der Waals surface area contributed by atoms with E-state index < -0.39 is 13.4 Å². The van der Waals surface area contributed by atoms with Crippen LogP contribution in [0.5, 0.6) is 0 Å². The molecule has 0 spiro atoms. The van der Waals surface area contributed by atoms with E-state index in [9.17, 15) is 26.3 Å². The molecular weight excluding hydrogens is 264 g/mol. The van der Waals surface area contributed by atoms with Gasteiger partial charge in [0.1, 0.15) is 0 Å². The summed E-state index contributed by atoms with van der Waals surface area (Å²) in [6, 6.07) is 0. The van der Waals surface area contributed by atoms with Gasteiger partial charge in [-0.3, -0.25) is 0 Å². The van der Waals surface area contributed by atoms with Gasteiger partial charge in [0.15, 0.2) is 13.4 Å². The van der Waals surface area contributed by atoms with Crippen LogP contribution in [0.1, 0.15) is 0 Å². The van der Waals surface area contributed by atoms with Crippen LogP contribution in [0.15, 0.2) is 0 Å². The van der Waals surface area contributed by atoms with Crippen LogP contribution in [-0.2, 0) is 27.3 Å². The van der Waals surface area contributed by atoms with Crippen LogP contribution < -0.4 is 0 Å². The molecule has 0 rings (SSSR count). The van der Waals surface area contributed by atoms with E-state index in [0.717, 1.165) is 0 Å². The molecule has 0 heterocycles. The zero-order valence-electron chi connectivity index (χ0n) is 4.55. The van der Waals surface area contributed by atoms with Gasteiger partial charge >= 0.3 is 0 Å². The summed E-state index contributed by atoms with van der Waals surface area (Å²) in [5, 5.41) is 0. The third-order valence-electron chi connectivity index (χ3n) is 0. The summed E-state index contributed by atoms with van der Waals surface area (Å²) in [7, 11) is 0. The largest absolute Gasteiger partial charge is 0.693 e. The monoisotopic (exact) mass is 268 g/mol. The molecule has 0 saturated carbocycles. The number of hydrogen-bond acceptors (Lipinski definition) is 0. The van der Waals surface area contributed by atoms with E-state index in [1.165, 1.54) is 0 Å². The maximum absolute atomic E-state index is 9.58. The minimum Gasteiger partial charge on any atom is -0.693 e. The Morgan fingerprint density at radius 3 is 0.600 bits per heavy atom. The molecule has 0 aromatic carbocycles. The summed E-state index contributed by atoms with van der Waals surface area (Å²) in [5.41, 5.74) is 0. The second kappa shape index (κ2) is 16.2. The third kappa shape index (κ3) is 2210. The quantitative estimate of drug-likeness (QED) is 0.366. The summed E-state index contributed by atoms with van der Waals surface area (Å²) >= 11 is 0. The molecule has 0 atom stereocenters. The SMILES string of the molecule is F[C-](F)F.F[C-](F)F.[Cd].[NH2-]. The second-order valence-electron chi connectivity index (χ2n) is 0.429. The molecule has 0 unspecified atom stereocenters. The van der Waals surface area contributed by atoms with E-state index in [1.54, 1.807) is 0 Å². The van der Waals surface area contributed by atoms with Gasteiger partial charge in [-0.05, 0) is 0 Å². The van der Waals surface area contributed by atoms with Gasteiger partial charge in [0, 0.05) is 27.3 Å². The van der Waals surface area contributed by atoms with Crippen molar-refractivity contribution in [3.05, 3.63) is 19.5 Å². The molecule has 0 bridgehead atoms. The van der Waals surface area contributed by atoms with Crippen LogP contribution in [0.2, 0.25) is 0 Å². The fourth-order valence-electron chi connectivity index (χ4n) is 0. The molecule has 10 heavy (non-hydrogen) atoms. The average Bonchev–Trinajstić information content (AvgIpc) is 1.25. The van der Waals surface area contributed by atoms with Crippen molar-refractivity contribution in [2.45, 2.75) is 0 Å². The van der Waals surface area contributed by atoms with E-state index in [2.05, 4.69) is 0 Å². The summed E-state index contributed by atoms with van der Waals surface area (Å²) in [6.07, 6.45) is 0. The van der Waals surface area contributed by atoms with Gasteiger partial charge < -0.3 is 32.5 Å². The minimum absolute atomic E-state index is 0. The number of nitrogens with two attached hydrogens (primary N) is 1. The zero-order chi connectivity index (χ0) is 7.15. The molecule has 0 aromatic heterocycles. The Balaban J connectivity index is -0.0000000300. The number of halogens is 6. The maximum atomic E-state index is 9.58. The van der Waals surface area contributed by atoms with Crippen LogP contribution in [0.3, 0.4) is 0 Å². The average molecular weight is 266 g/mol. The Bertz CT molecular complexity index is 31.2. The van der Waals surface area contributed by atoms with Crippen LogP contribution >= 0.6 is 0 Å². The molecule has 8 heteroatoms. The van der Waals surface area contributed by atoms with E-state index in [1.807, 2.05) is 0 Å². The van der Waals surface area contributed by atoms with Gasteiger partial charge in [0.25, 0.3) is 0 Å². The van der Waals surface area contributed by atoms with E-state index >= 15 is 0 Å². The molecule has 0 aliphatic rings. The van der Waals surface area contributed by atoms with E-state index in [0.29, 0.717) is 0 Å². The summed E-state index contributed by atoms with van der Waals surface area (Å²) in [5.74, 6) is 0. The summed E-state index contributed by atoms with van der Waals surface area (Å²) < 4.78 is 57.5. The van der Waals surface area contributed by atoms with Gasteiger partial charge in [-0.2, -0.15) is 0 Å². The number of hydrogen-bond donors (Lipinski definition) is 0. The second-order valence-corrected chi connectivity index (χ2v) is 0.429. The van der Waals surface area contributed by atoms with E-state index in [4.69, 9.17) is 0 Å². The Morgan fingerprint density at radius 1 is 0.600 bits per heavy atom. The molecule has 2 N–H and O–H groups in total. The molecule has 0 saturated heterocycles. The van der Waals surface area contributed by atoms with E-state index in [-0.39, 0.29) is 33.4 Å². The molecule has 1 nitrogen and oxygen atoms in total. The molecule has 0 aromatic rings. The van der Waals surface area contributed by atoms with Gasteiger partial charge in [0.2, 0.25) is 0 Å². The Kier molecular flexibility index (Phi) is 36.4. The first-order valence-corrected chi connectivity index (χ1v) is 1.13. The standard InChI is InChI=1S/2CF3.Cd.H2N/c2*2-1(3)4;;/h;;;1H2/q2*-1;;-1. The topological polar surface area (TPSA) is 33.5 Å².